The van der Waals surface area contributed by atoms with Gasteiger partial charge in [-0.15, -0.1) is 0 Å². The molecule has 1 aromatic heterocycles. The van der Waals surface area contributed by atoms with Gasteiger partial charge in [-0.05, 0) is 42.0 Å². The number of hydrogen-bond acceptors (Lipinski definition) is 5. The van der Waals surface area contributed by atoms with Crippen LogP contribution in [0, 0.1) is 0 Å². The number of hydrogen-bond donors (Lipinski definition) is 2. The Morgan fingerprint density at radius 2 is 1.93 bits per heavy atom. The summed E-state index contributed by atoms with van der Waals surface area (Å²) in [4.78, 5) is 42.8. The van der Waals surface area contributed by atoms with Crippen LogP contribution < -0.4 is 15.4 Å². The maximum Gasteiger partial charge on any atom is 0.325 e. The van der Waals surface area contributed by atoms with Crippen molar-refractivity contribution in [1.29, 1.82) is 0 Å². The minimum absolute atomic E-state index is 0.127. The number of imide groups is 1. The minimum atomic E-state index is -0.899. The molecule has 30 heavy (non-hydrogen) atoms. The molecular weight excluding hydrogens is 384 g/mol. The number of methoxy groups -OCH3 is 1. The lowest BCUT2D eigenvalue weighted by atomic mass is 10.1. The van der Waals surface area contributed by atoms with Crippen LogP contribution >= 0.6 is 0 Å². The lowest BCUT2D eigenvalue weighted by Crippen LogP contribution is -2.34. The van der Waals surface area contributed by atoms with Crippen LogP contribution in [0.5, 0.6) is 5.75 Å². The number of pyridine rings is 1. The van der Waals surface area contributed by atoms with E-state index in [1.54, 1.807) is 55.8 Å². The Hall–Kier alpha value is -3.94. The summed E-state index contributed by atoms with van der Waals surface area (Å²) >= 11 is 0. The van der Waals surface area contributed by atoms with Gasteiger partial charge in [-0.1, -0.05) is 18.2 Å². The summed E-state index contributed by atoms with van der Waals surface area (Å²) in [7, 11) is 1.57. The summed E-state index contributed by atoms with van der Waals surface area (Å²) in [5.41, 5.74) is 2.15. The van der Waals surface area contributed by atoms with Crippen LogP contribution in [0.1, 0.15) is 12.0 Å². The van der Waals surface area contributed by atoms with Crippen LogP contribution in [0.3, 0.4) is 0 Å². The molecule has 1 aliphatic rings. The molecule has 0 saturated carbocycles. The molecule has 1 atom stereocenters. The van der Waals surface area contributed by atoms with Gasteiger partial charge in [0.15, 0.2) is 0 Å². The van der Waals surface area contributed by atoms with E-state index in [1.807, 2.05) is 12.1 Å². The van der Waals surface area contributed by atoms with E-state index in [1.165, 1.54) is 0 Å². The summed E-state index contributed by atoms with van der Waals surface area (Å²) in [5, 5.41) is 6.20. The molecule has 2 aromatic carbocycles. The van der Waals surface area contributed by atoms with E-state index < -0.39 is 18.0 Å². The summed E-state index contributed by atoms with van der Waals surface area (Å²) < 4.78 is 5.11. The van der Waals surface area contributed by atoms with E-state index in [2.05, 4.69) is 15.6 Å². The number of aromatic nitrogens is 1. The maximum absolute atomic E-state index is 12.7. The Balaban J connectivity index is 1.41. The average Bonchev–Trinajstić information content (AvgIpc) is 3.02. The van der Waals surface area contributed by atoms with Gasteiger partial charge in [-0.3, -0.25) is 19.5 Å². The quantitative estimate of drug-likeness (QED) is 0.615. The van der Waals surface area contributed by atoms with Gasteiger partial charge in [0.1, 0.15) is 11.8 Å². The monoisotopic (exact) mass is 404 g/mol. The Kier molecular flexibility index (Phi) is 5.30. The van der Waals surface area contributed by atoms with E-state index >= 15 is 0 Å². The van der Waals surface area contributed by atoms with Crippen molar-refractivity contribution in [1.82, 2.24) is 15.2 Å². The second kappa shape index (κ2) is 8.20. The third-order valence-corrected chi connectivity index (χ3v) is 4.92. The van der Waals surface area contributed by atoms with Gasteiger partial charge < -0.3 is 15.4 Å². The summed E-state index contributed by atoms with van der Waals surface area (Å²) in [5.74, 6) is -0.101. The van der Waals surface area contributed by atoms with Crippen molar-refractivity contribution >= 4 is 34.4 Å². The van der Waals surface area contributed by atoms with Crippen molar-refractivity contribution in [3.63, 3.8) is 0 Å². The van der Waals surface area contributed by atoms with E-state index in [0.717, 1.165) is 21.4 Å². The standard InChI is InChI=1S/C22H20N4O4/c1-30-15-9-7-14(8-10-15)13-26-21(28)19(25-22(26)29)12-20(27)24-18-6-2-5-17-16(18)4-3-11-23-17/h2-11,19H,12-13H2,1H3,(H,24,27)(H,25,29)/t19-/m0/s1. The lowest BCUT2D eigenvalue weighted by Gasteiger charge is -2.14. The molecule has 8 heteroatoms. The van der Waals surface area contributed by atoms with Crippen LogP contribution in [0.15, 0.2) is 60.8 Å². The molecule has 1 saturated heterocycles. The Morgan fingerprint density at radius 3 is 2.70 bits per heavy atom. The van der Waals surface area contributed by atoms with Crippen LogP contribution in [0.2, 0.25) is 0 Å². The highest BCUT2D eigenvalue weighted by atomic mass is 16.5. The zero-order valence-corrected chi connectivity index (χ0v) is 16.3. The summed E-state index contributed by atoms with van der Waals surface area (Å²) in [6, 6.07) is 14.7. The van der Waals surface area contributed by atoms with Gasteiger partial charge in [0.05, 0.1) is 31.3 Å². The van der Waals surface area contributed by atoms with Gasteiger partial charge in [0.25, 0.3) is 5.91 Å². The number of nitrogens with one attached hydrogen (secondary N) is 2. The lowest BCUT2D eigenvalue weighted by molar-refractivity contribution is -0.130. The fraction of sp³-hybridized carbons (Fsp3) is 0.182. The number of urea groups is 1. The number of benzene rings is 2. The van der Waals surface area contributed by atoms with E-state index in [0.29, 0.717) is 11.4 Å². The maximum atomic E-state index is 12.7. The average molecular weight is 404 g/mol. The molecule has 3 aromatic rings. The molecule has 1 fully saturated rings. The van der Waals surface area contributed by atoms with Crippen molar-refractivity contribution in [3.8, 4) is 5.75 Å². The first-order chi connectivity index (χ1) is 14.5. The Morgan fingerprint density at radius 1 is 1.13 bits per heavy atom. The van der Waals surface area contributed by atoms with Gasteiger partial charge in [0.2, 0.25) is 5.91 Å². The molecule has 0 radical (unpaired) electrons. The number of fused-ring (bicyclic) bond motifs is 1. The number of carbonyl (C=O) groups excluding carboxylic acids is 3. The topological polar surface area (TPSA) is 101 Å². The molecule has 2 N–H and O–H groups in total. The minimum Gasteiger partial charge on any atom is -0.497 e. The summed E-state index contributed by atoms with van der Waals surface area (Å²) in [6.45, 7) is 0.127. The number of carbonyl (C=O) groups is 3. The zero-order valence-electron chi connectivity index (χ0n) is 16.3. The number of ether oxygens (including phenoxy) is 1. The van der Waals surface area contributed by atoms with Crippen molar-refractivity contribution in [3.05, 3.63) is 66.4 Å². The van der Waals surface area contributed by atoms with Crippen LogP contribution in [0.4, 0.5) is 10.5 Å². The highest BCUT2D eigenvalue weighted by molar-refractivity contribution is 6.08. The second-order valence-corrected chi connectivity index (χ2v) is 6.90. The molecule has 0 spiro atoms. The fourth-order valence-electron chi connectivity index (χ4n) is 3.38. The molecule has 4 rings (SSSR count). The molecule has 0 bridgehead atoms. The SMILES string of the molecule is COc1ccc(CN2C(=O)N[C@@H](CC(=O)Nc3cccc4ncccc34)C2=O)cc1. The first-order valence-electron chi connectivity index (χ1n) is 9.43. The molecule has 1 aliphatic heterocycles. The van der Waals surface area contributed by atoms with Crippen LogP contribution in [-0.2, 0) is 16.1 Å². The van der Waals surface area contributed by atoms with Crippen LogP contribution in [0.25, 0.3) is 10.9 Å². The third-order valence-electron chi connectivity index (χ3n) is 4.92. The van der Waals surface area contributed by atoms with Crippen molar-refractivity contribution in [2.45, 2.75) is 19.0 Å². The number of nitrogens with zero attached hydrogens (tertiary/aromatic N) is 2. The zero-order chi connectivity index (χ0) is 21.1. The molecule has 2 heterocycles. The van der Waals surface area contributed by atoms with Gasteiger partial charge in [-0.2, -0.15) is 0 Å². The Labute approximate surface area is 172 Å². The van der Waals surface area contributed by atoms with Crippen molar-refractivity contribution in [2.75, 3.05) is 12.4 Å². The predicted molar refractivity (Wildman–Crippen MR) is 111 cm³/mol. The largest absolute Gasteiger partial charge is 0.497 e. The Bertz CT molecular complexity index is 1110. The van der Waals surface area contributed by atoms with Crippen LogP contribution in [-0.4, -0.2) is 40.9 Å². The third kappa shape index (κ3) is 3.93. The molecule has 8 nitrogen and oxygen atoms in total. The van der Waals surface area contributed by atoms with Gasteiger partial charge >= 0.3 is 6.03 Å². The second-order valence-electron chi connectivity index (χ2n) is 6.90. The number of amides is 4. The fourth-order valence-corrected chi connectivity index (χ4v) is 3.38. The van der Waals surface area contributed by atoms with E-state index in [-0.39, 0.29) is 18.9 Å². The first kappa shape index (κ1) is 19.4. The van der Waals surface area contributed by atoms with E-state index in [4.69, 9.17) is 4.74 Å². The van der Waals surface area contributed by atoms with Crippen molar-refractivity contribution < 1.29 is 19.1 Å². The smallest absolute Gasteiger partial charge is 0.325 e. The highest BCUT2D eigenvalue weighted by Gasteiger charge is 2.39. The summed E-state index contributed by atoms with van der Waals surface area (Å²) in [6.07, 6.45) is 1.53. The molecule has 4 amide bonds. The first-order valence-corrected chi connectivity index (χ1v) is 9.43. The van der Waals surface area contributed by atoms with Gasteiger partial charge in [-0.25, -0.2) is 4.79 Å². The van der Waals surface area contributed by atoms with Gasteiger partial charge in [0, 0.05) is 11.6 Å². The van der Waals surface area contributed by atoms with Crippen molar-refractivity contribution in [2.24, 2.45) is 0 Å². The molecule has 0 aliphatic carbocycles. The number of anilines is 1. The predicted octanol–water partition coefficient (Wildman–Crippen LogP) is 2.69. The number of rotatable bonds is 6. The molecular formula is C22H20N4O4. The highest BCUT2D eigenvalue weighted by Crippen LogP contribution is 2.22. The van der Waals surface area contributed by atoms with E-state index in [9.17, 15) is 14.4 Å². The molecule has 0 unspecified atom stereocenters. The normalized spacial score (nSPS) is 15.9. The molecule has 152 valence electrons.